The second-order valence-corrected chi connectivity index (χ2v) is 6.53. The molecule has 0 saturated heterocycles. The zero-order valence-electron chi connectivity index (χ0n) is 14.2. The highest BCUT2D eigenvalue weighted by Gasteiger charge is 2.11. The van der Waals surface area contributed by atoms with Crippen LogP contribution in [0.2, 0.25) is 0 Å². The summed E-state index contributed by atoms with van der Waals surface area (Å²) in [4.78, 5) is 16.9. The second kappa shape index (κ2) is 7.98. The van der Waals surface area contributed by atoms with E-state index in [9.17, 15) is 9.18 Å². The molecule has 0 N–H and O–H groups in total. The third-order valence-corrected chi connectivity index (χ3v) is 4.75. The smallest absolute Gasteiger partial charge is 0.252 e. The summed E-state index contributed by atoms with van der Waals surface area (Å²) in [5.74, 6) is 2.55. The number of halogens is 1. The predicted octanol–water partition coefficient (Wildman–Crippen LogP) is 3.54. The molecule has 4 nitrogen and oxygen atoms in total. The van der Waals surface area contributed by atoms with Crippen molar-refractivity contribution in [3.63, 3.8) is 0 Å². The van der Waals surface area contributed by atoms with Crippen molar-refractivity contribution >= 4 is 27.5 Å². The van der Waals surface area contributed by atoms with Gasteiger partial charge in [-0.3, -0.25) is 4.79 Å². The number of carbonyl (C=O) groups excluding carboxylic acids is 1. The minimum atomic E-state index is -0.380. The molecule has 2 aromatic carbocycles. The van der Waals surface area contributed by atoms with E-state index in [1.54, 1.807) is 16.7 Å². The number of carbonyl (C=O) groups is 1. The number of thiazole rings is 1. The van der Waals surface area contributed by atoms with E-state index in [1.165, 1.54) is 17.4 Å². The molecule has 3 aromatic rings. The van der Waals surface area contributed by atoms with Crippen molar-refractivity contribution in [1.82, 2.24) is 4.57 Å². The average Bonchev–Trinajstić information content (AvgIpc) is 2.96. The van der Waals surface area contributed by atoms with E-state index in [1.807, 2.05) is 31.2 Å². The molecular weight excluding hydrogens is 351 g/mol. The molecule has 0 unspecified atom stereocenters. The zero-order valence-corrected chi connectivity index (χ0v) is 15.1. The zero-order chi connectivity index (χ0) is 18.5. The van der Waals surface area contributed by atoms with Gasteiger partial charge < -0.3 is 9.30 Å². The molecule has 0 saturated carbocycles. The molecular formula is C20H17FN2O2S. The molecule has 6 heteroatoms. The van der Waals surface area contributed by atoms with Gasteiger partial charge in [0, 0.05) is 0 Å². The molecule has 0 bridgehead atoms. The van der Waals surface area contributed by atoms with Crippen molar-refractivity contribution < 1.29 is 13.9 Å². The molecule has 1 amide bonds. The maximum Gasteiger partial charge on any atom is 0.252 e. The fraction of sp³-hybridized carbons (Fsp3) is 0.200. The van der Waals surface area contributed by atoms with Gasteiger partial charge in [-0.05, 0) is 36.8 Å². The average molecular weight is 368 g/mol. The molecule has 0 atom stereocenters. The lowest BCUT2D eigenvalue weighted by Gasteiger charge is -2.03. The lowest BCUT2D eigenvalue weighted by molar-refractivity contribution is -0.117. The lowest BCUT2D eigenvalue weighted by atomic mass is 10.1. The van der Waals surface area contributed by atoms with Crippen molar-refractivity contribution in [2.24, 2.45) is 4.99 Å². The van der Waals surface area contributed by atoms with Crippen LogP contribution in [0, 0.1) is 18.2 Å². The molecule has 0 aliphatic rings. The summed E-state index contributed by atoms with van der Waals surface area (Å²) in [6.45, 7) is 2.65. The highest BCUT2D eigenvalue weighted by atomic mass is 32.1. The Morgan fingerprint density at radius 1 is 1.31 bits per heavy atom. The number of fused-ring (bicyclic) bond motifs is 1. The number of terminal acetylenes is 1. The fourth-order valence-corrected chi connectivity index (χ4v) is 3.66. The van der Waals surface area contributed by atoms with Crippen LogP contribution < -0.4 is 9.54 Å². The number of benzene rings is 2. The Morgan fingerprint density at radius 2 is 2.08 bits per heavy atom. The Balaban J connectivity index is 1.91. The number of rotatable bonds is 5. The van der Waals surface area contributed by atoms with Gasteiger partial charge in [0.25, 0.3) is 5.91 Å². The Bertz CT molecular complexity index is 1040. The van der Waals surface area contributed by atoms with E-state index in [4.69, 9.17) is 11.2 Å². The van der Waals surface area contributed by atoms with Gasteiger partial charge in [0.05, 0.1) is 29.8 Å². The molecule has 1 heterocycles. The normalized spacial score (nSPS) is 11.5. The standard InChI is InChI=1S/C20H17FN2O2S/c1-3-12-23-19-16(21)6-5-7-17(19)26-20(23)22-18(24)13-14-8-10-15(11-9-14)25-4-2/h1,5-11H,4,12-13H2,2H3. The van der Waals surface area contributed by atoms with Gasteiger partial charge in [-0.2, -0.15) is 4.99 Å². The number of para-hydroxylation sites is 1. The van der Waals surface area contributed by atoms with Crippen molar-refractivity contribution in [3.8, 4) is 18.1 Å². The van der Waals surface area contributed by atoms with Gasteiger partial charge in [0.1, 0.15) is 11.6 Å². The minimum Gasteiger partial charge on any atom is -0.494 e. The molecule has 26 heavy (non-hydrogen) atoms. The third-order valence-electron chi connectivity index (χ3n) is 3.71. The molecule has 0 aliphatic heterocycles. The Hall–Kier alpha value is -2.91. The summed E-state index contributed by atoms with van der Waals surface area (Å²) in [7, 11) is 0. The van der Waals surface area contributed by atoms with Gasteiger partial charge in [0.15, 0.2) is 4.80 Å². The Morgan fingerprint density at radius 3 is 2.77 bits per heavy atom. The van der Waals surface area contributed by atoms with Crippen LogP contribution in [-0.4, -0.2) is 17.1 Å². The monoisotopic (exact) mass is 368 g/mol. The van der Waals surface area contributed by atoms with E-state index in [2.05, 4.69) is 10.9 Å². The van der Waals surface area contributed by atoms with Gasteiger partial charge in [0.2, 0.25) is 0 Å². The molecule has 0 aliphatic carbocycles. The van der Waals surface area contributed by atoms with E-state index < -0.39 is 0 Å². The van der Waals surface area contributed by atoms with Crippen LogP contribution in [0.4, 0.5) is 4.39 Å². The van der Waals surface area contributed by atoms with E-state index in [-0.39, 0.29) is 24.7 Å². The SMILES string of the molecule is C#CCn1c(=NC(=O)Cc2ccc(OCC)cc2)sc2cccc(F)c21. The molecule has 0 spiro atoms. The quantitative estimate of drug-likeness (QED) is 0.647. The second-order valence-electron chi connectivity index (χ2n) is 5.52. The van der Waals surface area contributed by atoms with Crippen LogP contribution in [0.3, 0.4) is 0 Å². The van der Waals surface area contributed by atoms with E-state index >= 15 is 0 Å². The van der Waals surface area contributed by atoms with Crippen LogP contribution in [0.5, 0.6) is 5.75 Å². The first-order chi connectivity index (χ1) is 12.6. The molecule has 0 fully saturated rings. The number of amides is 1. The van der Waals surface area contributed by atoms with Crippen LogP contribution >= 0.6 is 11.3 Å². The predicted molar refractivity (Wildman–Crippen MR) is 100 cm³/mol. The minimum absolute atomic E-state index is 0.149. The largest absolute Gasteiger partial charge is 0.494 e. The Kier molecular flexibility index (Phi) is 5.49. The first-order valence-electron chi connectivity index (χ1n) is 8.13. The highest BCUT2D eigenvalue weighted by molar-refractivity contribution is 7.16. The van der Waals surface area contributed by atoms with Crippen molar-refractivity contribution in [1.29, 1.82) is 0 Å². The highest BCUT2D eigenvalue weighted by Crippen LogP contribution is 2.20. The number of nitrogens with zero attached hydrogens (tertiary/aromatic N) is 2. The topological polar surface area (TPSA) is 43.6 Å². The van der Waals surface area contributed by atoms with Crippen molar-refractivity contribution in [2.75, 3.05) is 6.61 Å². The molecule has 0 radical (unpaired) electrons. The maximum atomic E-state index is 14.1. The van der Waals surface area contributed by atoms with Gasteiger partial charge in [-0.1, -0.05) is 35.5 Å². The van der Waals surface area contributed by atoms with Crippen LogP contribution in [0.1, 0.15) is 12.5 Å². The van der Waals surface area contributed by atoms with Gasteiger partial charge in [-0.25, -0.2) is 4.39 Å². The first-order valence-corrected chi connectivity index (χ1v) is 8.94. The summed E-state index contributed by atoms with van der Waals surface area (Å²) in [6.07, 6.45) is 5.55. The summed E-state index contributed by atoms with van der Waals surface area (Å²) in [6, 6.07) is 12.1. The van der Waals surface area contributed by atoms with Crippen molar-refractivity contribution in [2.45, 2.75) is 19.9 Å². The number of hydrogen-bond acceptors (Lipinski definition) is 3. The fourth-order valence-electron chi connectivity index (χ4n) is 2.60. The van der Waals surface area contributed by atoms with E-state index in [0.29, 0.717) is 21.6 Å². The summed E-state index contributed by atoms with van der Waals surface area (Å²) >= 11 is 1.25. The molecule has 3 rings (SSSR count). The van der Waals surface area contributed by atoms with Crippen LogP contribution in [-0.2, 0) is 17.8 Å². The number of ether oxygens (including phenoxy) is 1. The first kappa shape index (κ1) is 17.9. The number of hydrogen-bond donors (Lipinski definition) is 0. The van der Waals surface area contributed by atoms with Crippen LogP contribution in [0.25, 0.3) is 10.2 Å². The summed E-state index contributed by atoms with van der Waals surface area (Å²) in [5, 5.41) is 0. The third kappa shape index (κ3) is 3.84. The molecule has 132 valence electrons. The molecule has 1 aromatic heterocycles. The number of aromatic nitrogens is 1. The summed E-state index contributed by atoms with van der Waals surface area (Å²) < 4.78 is 21.8. The Labute approximate surface area is 154 Å². The van der Waals surface area contributed by atoms with Gasteiger partial charge in [-0.15, -0.1) is 6.42 Å². The lowest BCUT2D eigenvalue weighted by Crippen LogP contribution is -2.17. The van der Waals surface area contributed by atoms with Crippen molar-refractivity contribution in [3.05, 3.63) is 58.6 Å². The maximum absolute atomic E-state index is 14.1. The van der Waals surface area contributed by atoms with Crippen LogP contribution in [0.15, 0.2) is 47.5 Å². The van der Waals surface area contributed by atoms with Gasteiger partial charge >= 0.3 is 0 Å². The van der Waals surface area contributed by atoms with E-state index in [0.717, 1.165) is 11.3 Å². The summed E-state index contributed by atoms with van der Waals surface area (Å²) in [5.41, 5.74) is 1.21.